The summed E-state index contributed by atoms with van der Waals surface area (Å²) in [5, 5.41) is 7.56. The molecule has 160 valence electrons. The summed E-state index contributed by atoms with van der Waals surface area (Å²) in [5.74, 6) is 0. The van der Waals surface area contributed by atoms with Crippen molar-refractivity contribution in [1.82, 2.24) is 14.5 Å². The molecule has 3 heteroatoms. The third kappa shape index (κ3) is 2.84. The van der Waals surface area contributed by atoms with E-state index in [9.17, 15) is 0 Å². The summed E-state index contributed by atoms with van der Waals surface area (Å²) in [7, 11) is 2.02. The fourth-order valence-corrected chi connectivity index (χ4v) is 5.12. The number of nitrogens with zero attached hydrogens (tertiary/aromatic N) is 3. The van der Waals surface area contributed by atoms with Crippen LogP contribution in [-0.4, -0.2) is 14.5 Å². The Kier molecular flexibility index (Phi) is 4.06. The first kappa shape index (κ1) is 19.0. The van der Waals surface area contributed by atoms with Crippen molar-refractivity contribution in [3.05, 3.63) is 109 Å². The number of aryl methyl sites for hydroxylation is 1. The Morgan fingerprint density at radius 1 is 0.618 bits per heavy atom. The van der Waals surface area contributed by atoms with Gasteiger partial charge in [-0.2, -0.15) is 0 Å². The normalized spacial score (nSPS) is 11.7. The van der Waals surface area contributed by atoms with Crippen LogP contribution in [0, 0.1) is 0 Å². The summed E-state index contributed by atoms with van der Waals surface area (Å²) in [6.45, 7) is 0. The van der Waals surface area contributed by atoms with Gasteiger partial charge in [-0.1, -0.05) is 72.8 Å². The molecule has 0 N–H and O–H groups in total. The predicted octanol–water partition coefficient (Wildman–Crippen LogP) is 7.76. The molecule has 0 aliphatic heterocycles. The lowest BCUT2D eigenvalue weighted by Crippen LogP contribution is -1.91. The molecular weight excluding hydrogens is 414 g/mol. The van der Waals surface area contributed by atoms with Gasteiger partial charge in [-0.05, 0) is 62.6 Å². The number of rotatable bonds is 2. The van der Waals surface area contributed by atoms with Crippen LogP contribution in [0.2, 0.25) is 0 Å². The highest BCUT2D eigenvalue weighted by atomic mass is 15.0. The lowest BCUT2D eigenvalue weighted by molar-refractivity contribution is 0.948. The molecule has 5 aromatic carbocycles. The Hall–Kier alpha value is -4.50. The molecular formula is C31H21N3. The number of hydrogen-bond donors (Lipinski definition) is 0. The zero-order valence-corrected chi connectivity index (χ0v) is 18.7. The molecule has 0 aliphatic carbocycles. The van der Waals surface area contributed by atoms with Gasteiger partial charge in [0, 0.05) is 18.2 Å². The minimum atomic E-state index is 0.961. The molecule has 7 aromatic rings. The first-order chi connectivity index (χ1) is 16.8. The average Bonchev–Trinajstić information content (AvgIpc) is 3.28. The zero-order chi connectivity index (χ0) is 22.6. The number of benzene rings is 5. The van der Waals surface area contributed by atoms with Crippen LogP contribution in [0.5, 0.6) is 0 Å². The molecule has 0 aliphatic rings. The topological polar surface area (TPSA) is 30.7 Å². The Balaban J connectivity index is 1.48. The lowest BCUT2D eigenvalue weighted by atomic mass is 9.92. The number of aromatic nitrogens is 3. The van der Waals surface area contributed by atoms with Gasteiger partial charge in [0.2, 0.25) is 0 Å². The van der Waals surface area contributed by atoms with Crippen LogP contribution >= 0.6 is 0 Å². The van der Waals surface area contributed by atoms with Crippen molar-refractivity contribution >= 4 is 43.4 Å². The lowest BCUT2D eigenvalue weighted by Gasteiger charge is -2.13. The maximum atomic E-state index is 5.12. The quantitative estimate of drug-likeness (QED) is 0.260. The summed E-state index contributed by atoms with van der Waals surface area (Å²) < 4.78 is 2.05. The van der Waals surface area contributed by atoms with E-state index >= 15 is 0 Å². The van der Waals surface area contributed by atoms with Gasteiger partial charge in [0.15, 0.2) is 0 Å². The van der Waals surface area contributed by atoms with Gasteiger partial charge in [0.1, 0.15) is 0 Å². The van der Waals surface area contributed by atoms with Crippen molar-refractivity contribution < 1.29 is 0 Å². The molecule has 0 saturated carbocycles. The van der Waals surface area contributed by atoms with E-state index in [1.165, 1.54) is 32.3 Å². The van der Waals surface area contributed by atoms with Gasteiger partial charge in [0.05, 0.1) is 28.7 Å². The predicted molar refractivity (Wildman–Crippen MR) is 142 cm³/mol. The molecule has 0 saturated heterocycles. The summed E-state index contributed by atoms with van der Waals surface area (Å²) in [5.41, 5.74) is 6.29. The van der Waals surface area contributed by atoms with Crippen LogP contribution in [0.3, 0.4) is 0 Å². The van der Waals surface area contributed by atoms with E-state index in [4.69, 9.17) is 4.98 Å². The van der Waals surface area contributed by atoms with Crippen molar-refractivity contribution in [3.8, 4) is 22.5 Å². The van der Waals surface area contributed by atoms with E-state index in [0.29, 0.717) is 0 Å². The van der Waals surface area contributed by atoms with Crippen LogP contribution in [0.4, 0.5) is 0 Å². The van der Waals surface area contributed by atoms with E-state index in [1.807, 2.05) is 17.9 Å². The molecule has 0 amide bonds. The molecule has 2 heterocycles. The van der Waals surface area contributed by atoms with Crippen LogP contribution in [0.15, 0.2) is 109 Å². The Morgan fingerprint density at radius 2 is 1.38 bits per heavy atom. The maximum Gasteiger partial charge on any atom is 0.0955 e. The second-order valence-corrected chi connectivity index (χ2v) is 8.82. The first-order valence-corrected chi connectivity index (χ1v) is 11.5. The zero-order valence-electron chi connectivity index (χ0n) is 18.7. The molecule has 2 aromatic heterocycles. The van der Waals surface area contributed by atoms with Gasteiger partial charge in [-0.25, -0.2) is 9.97 Å². The van der Waals surface area contributed by atoms with Crippen molar-refractivity contribution in [2.45, 2.75) is 0 Å². The standard InChI is InChI=1S/C31H21N3/c1-34-19-32-29-16-15-21(18-30(29)34)27-11-6-12-28(33-27)26-17-22-14-13-20-7-2-3-8-23(20)31(22)25-10-5-4-9-24(25)26/h2-19H,1H3. The van der Waals surface area contributed by atoms with Gasteiger partial charge in [-0.15, -0.1) is 0 Å². The van der Waals surface area contributed by atoms with Gasteiger partial charge < -0.3 is 4.57 Å². The minimum absolute atomic E-state index is 0.961. The van der Waals surface area contributed by atoms with Crippen molar-refractivity contribution in [2.75, 3.05) is 0 Å². The highest BCUT2D eigenvalue weighted by Gasteiger charge is 2.13. The highest BCUT2D eigenvalue weighted by Crippen LogP contribution is 2.38. The summed E-state index contributed by atoms with van der Waals surface area (Å²) in [6.07, 6.45) is 1.85. The van der Waals surface area contributed by atoms with Gasteiger partial charge in [-0.3, -0.25) is 0 Å². The third-order valence-electron chi connectivity index (χ3n) is 6.79. The average molecular weight is 436 g/mol. The molecule has 0 atom stereocenters. The van der Waals surface area contributed by atoms with Gasteiger partial charge in [0.25, 0.3) is 0 Å². The van der Waals surface area contributed by atoms with Crippen molar-refractivity contribution in [3.63, 3.8) is 0 Å². The van der Waals surface area contributed by atoms with Crippen LogP contribution in [-0.2, 0) is 7.05 Å². The number of fused-ring (bicyclic) bond motifs is 6. The van der Waals surface area contributed by atoms with Crippen LogP contribution in [0.1, 0.15) is 0 Å². The van der Waals surface area contributed by atoms with Gasteiger partial charge >= 0.3 is 0 Å². The smallest absolute Gasteiger partial charge is 0.0955 e. The maximum absolute atomic E-state index is 5.12. The van der Waals surface area contributed by atoms with E-state index in [2.05, 4.69) is 108 Å². The second-order valence-electron chi connectivity index (χ2n) is 8.82. The molecule has 0 bridgehead atoms. The third-order valence-corrected chi connectivity index (χ3v) is 6.79. The van der Waals surface area contributed by atoms with E-state index in [0.717, 1.165) is 33.5 Å². The van der Waals surface area contributed by atoms with Crippen molar-refractivity contribution in [1.29, 1.82) is 0 Å². The molecule has 7 rings (SSSR count). The molecule has 3 nitrogen and oxygen atoms in total. The monoisotopic (exact) mass is 435 g/mol. The Bertz CT molecular complexity index is 1880. The highest BCUT2D eigenvalue weighted by molar-refractivity contribution is 6.23. The molecule has 0 spiro atoms. The molecule has 0 fully saturated rings. The molecule has 0 radical (unpaired) electrons. The van der Waals surface area contributed by atoms with E-state index < -0.39 is 0 Å². The van der Waals surface area contributed by atoms with E-state index in [1.54, 1.807) is 0 Å². The van der Waals surface area contributed by atoms with E-state index in [-0.39, 0.29) is 0 Å². The summed E-state index contributed by atoms with van der Waals surface area (Å²) in [6, 6.07) is 36.7. The Labute approximate surface area is 196 Å². The fourth-order valence-electron chi connectivity index (χ4n) is 5.12. The number of pyridine rings is 1. The Morgan fingerprint density at radius 3 is 2.29 bits per heavy atom. The number of hydrogen-bond acceptors (Lipinski definition) is 2. The summed E-state index contributed by atoms with van der Waals surface area (Å²) >= 11 is 0. The van der Waals surface area contributed by atoms with Crippen LogP contribution in [0.25, 0.3) is 65.9 Å². The largest absolute Gasteiger partial charge is 0.334 e. The van der Waals surface area contributed by atoms with Crippen LogP contribution < -0.4 is 0 Å². The SMILES string of the molecule is Cn1cnc2ccc(-c3cccc(-c4cc5ccc6ccccc6c5c5ccccc45)n3)cc21. The molecule has 0 unspecified atom stereocenters. The summed E-state index contributed by atoms with van der Waals surface area (Å²) in [4.78, 5) is 9.57. The fraction of sp³-hybridized carbons (Fsp3) is 0.0323. The molecule has 34 heavy (non-hydrogen) atoms. The number of imidazole rings is 1. The first-order valence-electron chi connectivity index (χ1n) is 11.5. The second kappa shape index (κ2) is 7.26. The van der Waals surface area contributed by atoms with Crippen molar-refractivity contribution in [2.24, 2.45) is 7.05 Å². The minimum Gasteiger partial charge on any atom is -0.334 e.